The van der Waals surface area contributed by atoms with Crippen LogP contribution in [0.3, 0.4) is 0 Å². The highest BCUT2D eigenvalue weighted by molar-refractivity contribution is 6.18. The Bertz CT molecular complexity index is 342. The van der Waals surface area contributed by atoms with Crippen LogP contribution in [-0.4, -0.2) is 41.6 Å². The predicted molar refractivity (Wildman–Crippen MR) is 78.3 cm³/mol. The molecule has 0 bridgehead atoms. The van der Waals surface area contributed by atoms with Crippen molar-refractivity contribution in [1.29, 1.82) is 0 Å². The van der Waals surface area contributed by atoms with Crippen molar-refractivity contribution in [2.45, 2.75) is 26.5 Å². The molecular formula is C14H23ClN2O. The van der Waals surface area contributed by atoms with Crippen LogP contribution in [0, 0.1) is 0 Å². The van der Waals surface area contributed by atoms with Crippen LogP contribution in [0.25, 0.3) is 0 Å². The van der Waals surface area contributed by atoms with Crippen LogP contribution in [0.5, 0.6) is 0 Å². The van der Waals surface area contributed by atoms with Gasteiger partial charge in [0.05, 0.1) is 12.0 Å². The lowest BCUT2D eigenvalue weighted by Gasteiger charge is -2.18. The second-order valence-electron chi connectivity index (χ2n) is 4.35. The van der Waals surface area contributed by atoms with Crippen molar-refractivity contribution in [1.82, 2.24) is 4.90 Å². The number of benzene rings is 1. The quantitative estimate of drug-likeness (QED) is 0.713. The monoisotopic (exact) mass is 270 g/mol. The number of halogens is 1. The number of aliphatic hydroxyl groups excluding tert-OH is 1. The number of alkyl halides is 1. The predicted octanol–water partition coefficient (Wildman–Crippen LogP) is 2.54. The minimum atomic E-state index is -0.502. The van der Waals surface area contributed by atoms with E-state index in [-0.39, 0.29) is 5.88 Å². The molecule has 0 radical (unpaired) electrons. The SMILES string of the molecule is CCN(CC)Cc1cccc(NCC(O)CCl)c1. The van der Waals surface area contributed by atoms with Crippen molar-refractivity contribution in [3.63, 3.8) is 0 Å². The molecule has 0 saturated carbocycles. The Labute approximate surface area is 115 Å². The minimum Gasteiger partial charge on any atom is -0.390 e. The lowest BCUT2D eigenvalue weighted by molar-refractivity contribution is 0.211. The first-order valence-electron chi connectivity index (χ1n) is 6.48. The van der Waals surface area contributed by atoms with Gasteiger partial charge >= 0.3 is 0 Å². The summed E-state index contributed by atoms with van der Waals surface area (Å²) in [6, 6.07) is 8.29. The molecule has 4 heteroatoms. The zero-order chi connectivity index (χ0) is 13.4. The summed E-state index contributed by atoms with van der Waals surface area (Å²) < 4.78 is 0. The summed E-state index contributed by atoms with van der Waals surface area (Å²) in [6.07, 6.45) is -0.502. The molecule has 0 amide bonds. The molecular weight excluding hydrogens is 248 g/mol. The summed E-state index contributed by atoms with van der Waals surface area (Å²) in [4.78, 5) is 2.37. The van der Waals surface area contributed by atoms with Gasteiger partial charge in [0.25, 0.3) is 0 Å². The van der Waals surface area contributed by atoms with Crippen molar-refractivity contribution in [2.24, 2.45) is 0 Å². The zero-order valence-corrected chi connectivity index (χ0v) is 12.0. The van der Waals surface area contributed by atoms with E-state index in [1.54, 1.807) is 0 Å². The first-order valence-corrected chi connectivity index (χ1v) is 7.02. The van der Waals surface area contributed by atoms with Gasteiger partial charge in [-0.3, -0.25) is 4.90 Å². The van der Waals surface area contributed by atoms with Gasteiger partial charge in [0.1, 0.15) is 0 Å². The van der Waals surface area contributed by atoms with E-state index in [0.29, 0.717) is 6.54 Å². The smallest absolute Gasteiger partial charge is 0.0847 e. The van der Waals surface area contributed by atoms with Crippen LogP contribution in [0.1, 0.15) is 19.4 Å². The Morgan fingerprint density at radius 3 is 2.67 bits per heavy atom. The fourth-order valence-corrected chi connectivity index (χ4v) is 1.88. The van der Waals surface area contributed by atoms with Gasteiger partial charge in [0, 0.05) is 18.8 Å². The second-order valence-corrected chi connectivity index (χ2v) is 4.66. The normalized spacial score (nSPS) is 12.7. The fourth-order valence-electron chi connectivity index (χ4n) is 1.78. The lowest BCUT2D eigenvalue weighted by atomic mass is 10.2. The topological polar surface area (TPSA) is 35.5 Å². The molecule has 0 aromatic heterocycles. The number of hydrogen-bond donors (Lipinski definition) is 2. The summed E-state index contributed by atoms with van der Waals surface area (Å²) in [5.74, 6) is 0.256. The molecule has 0 aliphatic heterocycles. The van der Waals surface area contributed by atoms with E-state index >= 15 is 0 Å². The Kier molecular flexibility index (Phi) is 7.09. The second kappa shape index (κ2) is 8.35. The molecule has 0 aliphatic carbocycles. The van der Waals surface area contributed by atoms with Crippen LogP contribution >= 0.6 is 11.6 Å². The van der Waals surface area contributed by atoms with Crippen molar-refractivity contribution >= 4 is 17.3 Å². The highest BCUT2D eigenvalue weighted by Gasteiger charge is 2.04. The number of hydrogen-bond acceptors (Lipinski definition) is 3. The van der Waals surface area contributed by atoms with Gasteiger partial charge in [0.2, 0.25) is 0 Å². The van der Waals surface area contributed by atoms with Crippen LogP contribution in [0.4, 0.5) is 5.69 Å². The third kappa shape index (κ3) is 5.25. The highest BCUT2D eigenvalue weighted by Crippen LogP contribution is 2.12. The first kappa shape index (κ1) is 15.3. The van der Waals surface area contributed by atoms with Gasteiger partial charge < -0.3 is 10.4 Å². The molecule has 0 aliphatic rings. The van der Waals surface area contributed by atoms with Crippen LogP contribution in [-0.2, 0) is 6.54 Å². The molecule has 1 atom stereocenters. The molecule has 18 heavy (non-hydrogen) atoms. The van der Waals surface area contributed by atoms with E-state index in [9.17, 15) is 5.11 Å². The largest absolute Gasteiger partial charge is 0.390 e. The molecule has 1 aromatic carbocycles. The first-order chi connectivity index (χ1) is 8.69. The van der Waals surface area contributed by atoms with Crippen molar-refractivity contribution in [3.8, 4) is 0 Å². The molecule has 2 N–H and O–H groups in total. The average molecular weight is 271 g/mol. The molecule has 0 spiro atoms. The summed E-state index contributed by atoms with van der Waals surface area (Å²) in [7, 11) is 0. The molecule has 0 heterocycles. The lowest BCUT2D eigenvalue weighted by Crippen LogP contribution is -2.22. The number of rotatable bonds is 8. The maximum absolute atomic E-state index is 9.41. The van der Waals surface area contributed by atoms with Crippen molar-refractivity contribution < 1.29 is 5.11 Å². The van der Waals surface area contributed by atoms with E-state index < -0.39 is 6.10 Å². The maximum Gasteiger partial charge on any atom is 0.0847 e. The van der Waals surface area contributed by atoms with E-state index in [2.05, 4.69) is 36.2 Å². The maximum atomic E-state index is 9.41. The molecule has 1 aromatic rings. The van der Waals surface area contributed by atoms with Crippen molar-refractivity contribution in [2.75, 3.05) is 30.8 Å². The van der Waals surface area contributed by atoms with Crippen LogP contribution in [0.15, 0.2) is 24.3 Å². The highest BCUT2D eigenvalue weighted by atomic mass is 35.5. The third-order valence-corrected chi connectivity index (χ3v) is 3.30. The summed E-state index contributed by atoms with van der Waals surface area (Å²) in [5.41, 5.74) is 2.31. The number of anilines is 1. The average Bonchev–Trinajstić information content (AvgIpc) is 2.42. The Morgan fingerprint density at radius 2 is 2.06 bits per heavy atom. The van der Waals surface area contributed by atoms with Crippen LogP contribution < -0.4 is 5.32 Å². The molecule has 102 valence electrons. The standard InChI is InChI=1S/C14H23ClN2O/c1-3-17(4-2)11-12-6-5-7-13(8-12)16-10-14(18)9-15/h5-8,14,16,18H,3-4,9-11H2,1-2H3. The summed E-state index contributed by atoms with van der Waals surface area (Å²) in [6.45, 7) is 7.89. The number of aliphatic hydroxyl groups is 1. The van der Waals surface area contributed by atoms with E-state index in [1.807, 2.05) is 12.1 Å². The fraction of sp³-hybridized carbons (Fsp3) is 0.571. The van der Waals surface area contributed by atoms with Gasteiger partial charge in [-0.1, -0.05) is 26.0 Å². The molecule has 1 unspecified atom stereocenters. The Morgan fingerprint density at radius 1 is 1.33 bits per heavy atom. The van der Waals surface area contributed by atoms with E-state index in [4.69, 9.17) is 11.6 Å². The van der Waals surface area contributed by atoms with Crippen LogP contribution in [0.2, 0.25) is 0 Å². The minimum absolute atomic E-state index is 0.256. The number of nitrogens with one attached hydrogen (secondary N) is 1. The van der Waals surface area contributed by atoms with Gasteiger partial charge in [-0.15, -0.1) is 11.6 Å². The van der Waals surface area contributed by atoms with Gasteiger partial charge in [0.15, 0.2) is 0 Å². The zero-order valence-electron chi connectivity index (χ0n) is 11.2. The van der Waals surface area contributed by atoms with E-state index in [1.165, 1.54) is 5.56 Å². The third-order valence-electron chi connectivity index (χ3n) is 2.95. The summed E-state index contributed by atoms with van der Waals surface area (Å²) >= 11 is 5.56. The van der Waals surface area contributed by atoms with Gasteiger partial charge in [-0.2, -0.15) is 0 Å². The molecule has 1 rings (SSSR count). The van der Waals surface area contributed by atoms with Crippen molar-refractivity contribution in [3.05, 3.63) is 29.8 Å². The Balaban J connectivity index is 2.56. The molecule has 0 fully saturated rings. The Hall–Kier alpha value is -0.770. The van der Waals surface area contributed by atoms with Gasteiger partial charge in [-0.25, -0.2) is 0 Å². The number of nitrogens with zero attached hydrogens (tertiary/aromatic N) is 1. The van der Waals surface area contributed by atoms with Gasteiger partial charge in [-0.05, 0) is 30.8 Å². The molecule has 3 nitrogen and oxygen atoms in total. The van der Waals surface area contributed by atoms with E-state index in [0.717, 1.165) is 25.3 Å². The molecule has 0 saturated heterocycles. The summed E-state index contributed by atoms with van der Waals surface area (Å²) in [5, 5.41) is 12.6.